The summed E-state index contributed by atoms with van der Waals surface area (Å²) in [7, 11) is 2.01. The first kappa shape index (κ1) is 15.3. The van der Waals surface area contributed by atoms with Crippen LogP contribution in [0.15, 0.2) is 30.5 Å². The predicted octanol–water partition coefficient (Wildman–Crippen LogP) is 4.15. The predicted molar refractivity (Wildman–Crippen MR) is 90.7 cm³/mol. The van der Waals surface area contributed by atoms with Crippen molar-refractivity contribution in [1.82, 2.24) is 14.7 Å². The van der Waals surface area contributed by atoms with Crippen molar-refractivity contribution in [2.24, 2.45) is 7.05 Å². The summed E-state index contributed by atoms with van der Waals surface area (Å²) in [5, 5.41) is 4.50. The maximum Gasteiger partial charge on any atom is 0.0638 e. The first-order valence-corrected chi connectivity index (χ1v) is 8.43. The maximum atomic E-state index is 4.50. The largest absolute Gasteiger partial charge is 0.292 e. The van der Waals surface area contributed by atoms with Gasteiger partial charge in [0.05, 0.1) is 5.69 Å². The molecular formula is C19H27N3. The first-order valence-electron chi connectivity index (χ1n) is 8.43. The summed E-state index contributed by atoms with van der Waals surface area (Å²) in [5.74, 6) is 0. The Labute approximate surface area is 133 Å². The van der Waals surface area contributed by atoms with Crippen LogP contribution >= 0.6 is 0 Å². The summed E-state index contributed by atoms with van der Waals surface area (Å²) >= 11 is 0. The Bertz CT molecular complexity index is 629. The topological polar surface area (TPSA) is 21.1 Å². The van der Waals surface area contributed by atoms with Gasteiger partial charge in [-0.3, -0.25) is 9.58 Å². The summed E-state index contributed by atoms with van der Waals surface area (Å²) in [6.45, 7) is 6.51. The smallest absolute Gasteiger partial charge is 0.0638 e. The van der Waals surface area contributed by atoms with Crippen LogP contribution in [0.3, 0.4) is 0 Å². The highest BCUT2D eigenvalue weighted by Crippen LogP contribution is 2.32. The van der Waals surface area contributed by atoms with Crippen LogP contribution in [0.2, 0.25) is 0 Å². The van der Waals surface area contributed by atoms with Crippen molar-refractivity contribution in [1.29, 1.82) is 0 Å². The zero-order chi connectivity index (χ0) is 15.5. The van der Waals surface area contributed by atoms with E-state index in [1.54, 1.807) is 0 Å². The van der Waals surface area contributed by atoms with Gasteiger partial charge in [-0.2, -0.15) is 5.10 Å². The van der Waals surface area contributed by atoms with Crippen molar-refractivity contribution >= 4 is 0 Å². The van der Waals surface area contributed by atoms with Crippen LogP contribution in [-0.4, -0.2) is 21.2 Å². The Morgan fingerprint density at radius 3 is 2.77 bits per heavy atom. The van der Waals surface area contributed by atoms with Gasteiger partial charge in [-0.15, -0.1) is 0 Å². The minimum absolute atomic E-state index is 0.544. The molecule has 1 atom stereocenters. The second-order valence-electron chi connectivity index (χ2n) is 6.66. The molecule has 0 bridgehead atoms. The molecule has 1 unspecified atom stereocenters. The molecule has 1 aromatic carbocycles. The summed E-state index contributed by atoms with van der Waals surface area (Å²) in [5.41, 5.74) is 5.36. The molecule has 0 radical (unpaired) electrons. The van der Waals surface area contributed by atoms with Crippen LogP contribution in [0.1, 0.15) is 54.1 Å². The number of nitrogens with zero attached hydrogens (tertiary/aromatic N) is 3. The monoisotopic (exact) mass is 297 g/mol. The van der Waals surface area contributed by atoms with E-state index in [-0.39, 0.29) is 0 Å². The Morgan fingerprint density at radius 2 is 2.05 bits per heavy atom. The number of likely N-dealkylation sites (tertiary alicyclic amines) is 1. The van der Waals surface area contributed by atoms with Crippen LogP contribution in [0.25, 0.3) is 0 Å². The maximum absolute atomic E-state index is 4.50. The van der Waals surface area contributed by atoms with E-state index in [1.807, 2.05) is 11.7 Å². The zero-order valence-electron chi connectivity index (χ0n) is 14.0. The molecule has 2 aromatic rings. The molecule has 3 rings (SSSR count). The minimum Gasteiger partial charge on any atom is -0.292 e. The normalized spacial score (nSPS) is 20.0. The van der Waals surface area contributed by atoms with Crippen molar-refractivity contribution in [3.05, 3.63) is 52.8 Å². The molecule has 0 saturated carbocycles. The van der Waals surface area contributed by atoms with E-state index in [1.165, 1.54) is 48.9 Å². The minimum atomic E-state index is 0.544. The highest BCUT2D eigenvalue weighted by molar-refractivity contribution is 5.26. The number of rotatable bonds is 3. The van der Waals surface area contributed by atoms with Crippen LogP contribution in [-0.2, 0) is 13.6 Å². The molecule has 2 heterocycles. The van der Waals surface area contributed by atoms with E-state index in [0.29, 0.717) is 6.04 Å². The van der Waals surface area contributed by atoms with E-state index >= 15 is 0 Å². The molecule has 1 fully saturated rings. The molecule has 1 aliphatic rings. The van der Waals surface area contributed by atoms with Gasteiger partial charge >= 0.3 is 0 Å². The lowest BCUT2D eigenvalue weighted by molar-refractivity contribution is 0.192. The lowest BCUT2D eigenvalue weighted by Crippen LogP contribution is -2.28. The average molecular weight is 297 g/mol. The van der Waals surface area contributed by atoms with Crippen LogP contribution in [0.5, 0.6) is 0 Å². The number of hydrogen-bond donors (Lipinski definition) is 0. The molecular weight excluding hydrogens is 270 g/mol. The third kappa shape index (κ3) is 3.41. The summed E-state index contributed by atoms with van der Waals surface area (Å²) in [6, 6.07) is 9.59. The third-order valence-electron chi connectivity index (χ3n) is 4.78. The van der Waals surface area contributed by atoms with Gasteiger partial charge < -0.3 is 0 Å². The van der Waals surface area contributed by atoms with Crippen molar-refractivity contribution in [2.45, 2.75) is 52.1 Å². The molecule has 118 valence electrons. The van der Waals surface area contributed by atoms with Crippen molar-refractivity contribution in [3.8, 4) is 0 Å². The Balaban J connectivity index is 1.86. The SMILES string of the molecule is Cc1cccc(C2CCCCCN2Cc2cn(C)nc2C)c1. The molecule has 3 nitrogen and oxygen atoms in total. The fourth-order valence-electron chi connectivity index (χ4n) is 3.63. The van der Waals surface area contributed by atoms with E-state index in [0.717, 1.165) is 12.2 Å². The zero-order valence-corrected chi connectivity index (χ0v) is 14.0. The molecule has 0 spiro atoms. The molecule has 1 aromatic heterocycles. The van der Waals surface area contributed by atoms with Gasteiger partial charge in [0, 0.05) is 31.4 Å². The molecule has 0 N–H and O–H groups in total. The Morgan fingerprint density at radius 1 is 1.18 bits per heavy atom. The average Bonchev–Trinajstić information content (AvgIpc) is 2.68. The quantitative estimate of drug-likeness (QED) is 0.848. The molecule has 0 aliphatic carbocycles. The van der Waals surface area contributed by atoms with E-state index in [2.05, 4.69) is 54.3 Å². The van der Waals surface area contributed by atoms with E-state index < -0.39 is 0 Å². The fourth-order valence-corrected chi connectivity index (χ4v) is 3.63. The van der Waals surface area contributed by atoms with Gasteiger partial charge in [0.1, 0.15) is 0 Å². The molecule has 1 aliphatic heterocycles. The van der Waals surface area contributed by atoms with Gasteiger partial charge in [0.25, 0.3) is 0 Å². The van der Waals surface area contributed by atoms with Crippen LogP contribution in [0.4, 0.5) is 0 Å². The first-order chi connectivity index (χ1) is 10.6. The second kappa shape index (κ2) is 6.66. The highest BCUT2D eigenvalue weighted by atomic mass is 15.3. The molecule has 1 saturated heterocycles. The summed E-state index contributed by atoms with van der Waals surface area (Å²) in [6.07, 6.45) is 7.43. The molecule has 22 heavy (non-hydrogen) atoms. The molecule has 3 heteroatoms. The highest BCUT2D eigenvalue weighted by Gasteiger charge is 2.23. The van der Waals surface area contributed by atoms with E-state index in [9.17, 15) is 0 Å². The fraction of sp³-hybridized carbons (Fsp3) is 0.526. The lowest BCUT2D eigenvalue weighted by atomic mass is 9.99. The second-order valence-corrected chi connectivity index (χ2v) is 6.66. The number of hydrogen-bond acceptors (Lipinski definition) is 2. The van der Waals surface area contributed by atoms with Crippen molar-refractivity contribution in [3.63, 3.8) is 0 Å². The van der Waals surface area contributed by atoms with Gasteiger partial charge in [0.2, 0.25) is 0 Å². The van der Waals surface area contributed by atoms with Gasteiger partial charge in [0.15, 0.2) is 0 Å². The summed E-state index contributed by atoms with van der Waals surface area (Å²) < 4.78 is 1.93. The third-order valence-corrected chi connectivity index (χ3v) is 4.78. The van der Waals surface area contributed by atoms with Gasteiger partial charge in [-0.25, -0.2) is 0 Å². The Hall–Kier alpha value is -1.61. The van der Waals surface area contributed by atoms with E-state index in [4.69, 9.17) is 0 Å². The molecule has 0 amide bonds. The Kier molecular flexibility index (Phi) is 4.63. The van der Waals surface area contributed by atoms with Gasteiger partial charge in [-0.05, 0) is 38.8 Å². The van der Waals surface area contributed by atoms with Crippen LogP contribution in [0, 0.1) is 13.8 Å². The number of aromatic nitrogens is 2. The number of aryl methyl sites for hydroxylation is 3. The van der Waals surface area contributed by atoms with Crippen molar-refractivity contribution in [2.75, 3.05) is 6.54 Å². The lowest BCUT2D eigenvalue weighted by Gasteiger charge is -2.30. The van der Waals surface area contributed by atoms with Crippen LogP contribution < -0.4 is 0 Å². The standard InChI is InChI=1S/C19H27N3/c1-15-8-7-9-17(12-15)19-10-5-4-6-11-22(19)14-18-13-21(3)20-16(18)2/h7-9,12-13,19H,4-6,10-11,14H2,1-3H3. The summed E-state index contributed by atoms with van der Waals surface area (Å²) in [4.78, 5) is 2.66. The van der Waals surface area contributed by atoms with Crippen molar-refractivity contribution < 1.29 is 0 Å². The van der Waals surface area contributed by atoms with Gasteiger partial charge in [-0.1, -0.05) is 42.7 Å². The number of benzene rings is 1.